The Hall–Kier alpha value is -0.333. The number of aliphatic hydroxyl groups is 1. The number of nitriles is 1. The Morgan fingerprint density at radius 1 is 1.19 bits per heavy atom. The predicted molar refractivity (Wildman–Crippen MR) is 72.0 cm³/mol. The van der Waals surface area contributed by atoms with Crippen LogP contribution in [0, 0.1) is 16.7 Å². The highest BCUT2D eigenvalue weighted by atomic mass is 28.3. The highest BCUT2D eigenvalue weighted by Crippen LogP contribution is 2.40. The minimum atomic E-state index is -1.33. The van der Waals surface area contributed by atoms with E-state index in [1.807, 2.05) is 13.8 Å². The van der Waals surface area contributed by atoms with Gasteiger partial charge in [0.2, 0.25) is 0 Å². The van der Waals surface area contributed by atoms with Crippen molar-refractivity contribution in [1.82, 2.24) is 0 Å². The minimum absolute atomic E-state index is 0.351. The fourth-order valence-electron chi connectivity index (χ4n) is 1.31. The van der Waals surface area contributed by atoms with Crippen molar-refractivity contribution in [3.63, 3.8) is 0 Å². The quantitative estimate of drug-likeness (QED) is 0.761. The van der Waals surface area contributed by atoms with Gasteiger partial charge >= 0.3 is 0 Å². The van der Waals surface area contributed by atoms with Gasteiger partial charge in [-0.1, -0.05) is 39.9 Å². The third kappa shape index (κ3) is 3.91. The summed E-state index contributed by atoms with van der Waals surface area (Å²) in [4.78, 5) is 0. The Balaban J connectivity index is 4.44. The summed E-state index contributed by atoms with van der Waals surface area (Å²) in [7, 11) is -1.33. The number of aliphatic hydroxyl groups excluding tert-OH is 1. The molecule has 0 saturated heterocycles. The molecule has 0 amide bonds. The van der Waals surface area contributed by atoms with Crippen molar-refractivity contribution in [2.75, 3.05) is 0 Å². The Bertz CT molecular complexity index is 271. The van der Waals surface area contributed by atoms with Crippen LogP contribution in [0.25, 0.3) is 0 Å². The molecule has 2 nitrogen and oxygen atoms in total. The lowest BCUT2D eigenvalue weighted by molar-refractivity contribution is 0.0826. The Kier molecular flexibility index (Phi) is 4.79. The molecule has 0 aliphatic heterocycles. The highest BCUT2D eigenvalue weighted by Gasteiger charge is 2.37. The lowest BCUT2D eigenvalue weighted by Gasteiger charge is -2.38. The van der Waals surface area contributed by atoms with Crippen molar-refractivity contribution in [3.8, 4) is 6.07 Å². The van der Waals surface area contributed by atoms with E-state index in [0.29, 0.717) is 5.04 Å². The molecule has 0 saturated carbocycles. The normalized spacial score (nSPS) is 15.7. The topological polar surface area (TPSA) is 44.0 Å². The predicted octanol–water partition coefficient (Wildman–Crippen LogP) is 3.80. The van der Waals surface area contributed by atoms with Crippen LogP contribution in [0.15, 0.2) is 0 Å². The summed E-state index contributed by atoms with van der Waals surface area (Å²) in [6, 6.07) is 3.25. The molecule has 1 N–H and O–H groups in total. The van der Waals surface area contributed by atoms with Gasteiger partial charge in [0, 0.05) is 0 Å². The molecule has 94 valence electrons. The minimum Gasteiger partial charge on any atom is -0.392 e. The molecule has 0 aliphatic rings. The van der Waals surface area contributed by atoms with Gasteiger partial charge in [-0.2, -0.15) is 5.26 Å². The van der Waals surface area contributed by atoms with E-state index in [1.54, 1.807) is 0 Å². The second kappa shape index (κ2) is 4.89. The zero-order valence-corrected chi connectivity index (χ0v) is 12.9. The van der Waals surface area contributed by atoms with Crippen molar-refractivity contribution in [2.45, 2.75) is 71.3 Å². The van der Waals surface area contributed by atoms with Crippen molar-refractivity contribution in [3.05, 3.63) is 0 Å². The SMILES string of the molecule is CC(C)(C#N)[C@H](O)CC[Si](C)(C)C(C)(C)C. The van der Waals surface area contributed by atoms with Crippen molar-refractivity contribution in [2.24, 2.45) is 5.41 Å². The average molecular weight is 241 g/mol. The van der Waals surface area contributed by atoms with E-state index in [1.165, 1.54) is 0 Å². The van der Waals surface area contributed by atoms with Gasteiger partial charge in [-0.25, -0.2) is 0 Å². The van der Waals surface area contributed by atoms with Crippen LogP contribution in [0.3, 0.4) is 0 Å². The summed E-state index contributed by atoms with van der Waals surface area (Å²) in [5, 5.41) is 19.3. The monoisotopic (exact) mass is 241 g/mol. The molecule has 3 heteroatoms. The van der Waals surface area contributed by atoms with Crippen LogP contribution in [0.4, 0.5) is 0 Å². The van der Waals surface area contributed by atoms with Gasteiger partial charge in [0.25, 0.3) is 0 Å². The lowest BCUT2D eigenvalue weighted by Crippen LogP contribution is -2.39. The first kappa shape index (κ1) is 15.7. The molecule has 0 radical (unpaired) electrons. The lowest BCUT2D eigenvalue weighted by atomic mass is 9.87. The molecule has 0 rings (SSSR count). The molecule has 0 unspecified atom stereocenters. The van der Waals surface area contributed by atoms with E-state index in [-0.39, 0.29) is 0 Å². The average Bonchev–Trinajstić information content (AvgIpc) is 2.12. The smallest absolute Gasteiger partial charge is 0.0776 e. The standard InChI is InChI=1S/C13H27NOSi/c1-12(2,3)16(6,7)9-8-11(15)13(4,5)10-14/h11,15H,8-9H2,1-7H3/t11-/m1/s1. The van der Waals surface area contributed by atoms with Crippen molar-refractivity contribution >= 4 is 8.07 Å². The summed E-state index contributed by atoms with van der Waals surface area (Å²) in [6.07, 6.45) is 0.239. The molecule has 0 spiro atoms. The van der Waals surface area contributed by atoms with Crippen LogP contribution in [-0.4, -0.2) is 19.3 Å². The summed E-state index contributed by atoms with van der Waals surface area (Å²) >= 11 is 0. The van der Waals surface area contributed by atoms with Gasteiger partial charge in [0.15, 0.2) is 0 Å². The fourth-order valence-corrected chi connectivity index (χ4v) is 3.05. The first-order valence-corrected chi connectivity index (χ1v) is 9.24. The summed E-state index contributed by atoms with van der Waals surface area (Å²) in [5.41, 5.74) is -0.623. The molecule has 0 aromatic heterocycles. The highest BCUT2D eigenvalue weighted by molar-refractivity contribution is 6.80. The van der Waals surface area contributed by atoms with Gasteiger partial charge in [-0.3, -0.25) is 0 Å². The first-order valence-electron chi connectivity index (χ1n) is 6.03. The molecular weight excluding hydrogens is 214 g/mol. The maximum Gasteiger partial charge on any atom is 0.0776 e. The summed E-state index contributed by atoms with van der Waals surface area (Å²) in [6.45, 7) is 15.2. The number of hydrogen-bond donors (Lipinski definition) is 1. The molecule has 0 aromatic rings. The molecule has 0 aromatic carbocycles. The van der Waals surface area contributed by atoms with E-state index < -0.39 is 19.6 Å². The van der Waals surface area contributed by atoms with Gasteiger partial charge in [0.05, 0.1) is 25.7 Å². The summed E-state index contributed by atoms with van der Waals surface area (Å²) < 4.78 is 0. The molecule has 0 aliphatic carbocycles. The van der Waals surface area contributed by atoms with E-state index in [2.05, 4.69) is 39.9 Å². The first-order chi connectivity index (χ1) is 6.94. The Morgan fingerprint density at radius 2 is 1.62 bits per heavy atom. The number of nitrogens with zero attached hydrogens (tertiary/aromatic N) is 1. The largest absolute Gasteiger partial charge is 0.392 e. The van der Waals surface area contributed by atoms with Crippen molar-refractivity contribution < 1.29 is 5.11 Å². The maximum atomic E-state index is 10.0. The van der Waals surface area contributed by atoms with Gasteiger partial charge in [-0.15, -0.1) is 0 Å². The van der Waals surface area contributed by atoms with Gasteiger partial charge < -0.3 is 5.11 Å². The molecule has 0 bridgehead atoms. The van der Waals surface area contributed by atoms with Crippen LogP contribution in [0.1, 0.15) is 41.0 Å². The molecule has 1 atom stereocenters. The number of rotatable bonds is 4. The van der Waals surface area contributed by atoms with Crippen molar-refractivity contribution in [1.29, 1.82) is 5.26 Å². The second-order valence-electron chi connectivity index (χ2n) is 7.02. The molecule has 0 heterocycles. The zero-order chi connectivity index (χ0) is 13.2. The number of hydrogen-bond acceptors (Lipinski definition) is 2. The van der Waals surface area contributed by atoms with E-state index >= 15 is 0 Å². The van der Waals surface area contributed by atoms with E-state index in [9.17, 15) is 5.11 Å². The van der Waals surface area contributed by atoms with E-state index in [4.69, 9.17) is 5.26 Å². The van der Waals surface area contributed by atoms with Gasteiger partial charge in [0.1, 0.15) is 0 Å². The van der Waals surface area contributed by atoms with Crippen LogP contribution in [-0.2, 0) is 0 Å². The Labute approximate surface area is 102 Å². The third-order valence-electron chi connectivity index (χ3n) is 4.19. The Morgan fingerprint density at radius 3 is 1.94 bits per heavy atom. The van der Waals surface area contributed by atoms with Gasteiger partial charge in [-0.05, 0) is 25.3 Å². The second-order valence-corrected chi connectivity index (χ2v) is 12.8. The fraction of sp³-hybridized carbons (Fsp3) is 0.923. The molecular formula is C13H27NOSi. The summed E-state index contributed by atoms with van der Waals surface area (Å²) in [5.74, 6) is 0. The maximum absolute atomic E-state index is 10.0. The van der Waals surface area contributed by atoms with E-state index in [0.717, 1.165) is 12.5 Å². The van der Waals surface area contributed by atoms with Crippen LogP contribution in [0.2, 0.25) is 24.2 Å². The van der Waals surface area contributed by atoms with Crippen LogP contribution in [0.5, 0.6) is 0 Å². The van der Waals surface area contributed by atoms with Crippen LogP contribution < -0.4 is 0 Å². The van der Waals surface area contributed by atoms with Crippen LogP contribution >= 0.6 is 0 Å². The third-order valence-corrected chi connectivity index (χ3v) is 9.79. The zero-order valence-electron chi connectivity index (χ0n) is 11.9. The molecule has 0 fully saturated rings. The molecule has 16 heavy (non-hydrogen) atoms.